The number of nitrogens with one attached hydrogen (secondary N) is 1. The number of aromatic nitrogens is 4. The van der Waals surface area contributed by atoms with Crippen LogP contribution in [0.5, 0.6) is 5.75 Å². The molecule has 3 heterocycles. The lowest BCUT2D eigenvalue weighted by Crippen LogP contribution is -2.36. The number of nitrogens with zero attached hydrogens (tertiary/aromatic N) is 5. The molecule has 0 spiro atoms. The van der Waals surface area contributed by atoms with Gasteiger partial charge in [-0.3, -0.25) is 4.79 Å². The summed E-state index contributed by atoms with van der Waals surface area (Å²) in [5, 5.41) is 4.33. The fraction of sp³-hybridized carbons (Fsp3) is 0.480. The van der Waals surface area contributed by atoms with E-state index < -0.39 is 0 Å². The number of ketones is 1. The first-order valence-corrected chi connectivity index (χ1v) is 12.1. The number of carbonyl (C=O) groups is 1. The Labute approximate surface area is 198 Å². The Morgan fingerprint density at radius 3 is 2.79 bits per heavy atom. The van der Waals surface area contributed by atoms with Gasteiger partial charge in [-0.25, -0.2) is 19.9 Å². The molecular formula is C25H30N6O3. The van der Waals surface area contributed by atoms with Crippen molar-refractivity contribution in [3.63, 3.8) is 0 Å². The Morgan fingerprint density at radius 1 is 1.18 bits per heavy atom. The van der Waals surface area contributed by atoms with Crippen LogP contribution in [0.3, 0.4) is 0 Å². The minimum absolute atomic E-state index is 0.0260. The van der Waals surface area contributed by atoms with Gasteiger partial charge < -0.3 is 19.7 Å². The molecule has 0 amide bonds. The summed E-state index contributed by atoms with van der Waals surface area (Å²) >= 11 is 0. The van der Waals surface area contributed by atoms with Crippen LogP contribution in [-0.4, -0.2) is 64.2 Å². The molecule has 1 aliphatic carbocycles. The van der Waals surface area contributed by atoms with Crippen LogP contribution in [0.15, 0.2) is 36.9 Å². The van der Waals surface area contributed by atoms with Crippen LogP contribution >= 0.6 is 0 Å². The van der Waals surface area contributed by atoms with Crippen molar-refractivity contribution in [1.29, 1.82) is 0 Å². The quantitative estimate of drug-likeness (QED) is 0.527. The number of rotatable bonds is 7. The lowest BCUT2D eigenvalue weighted by molar-refractivity contribution is 0.0983. The van der Waals surface area contributed by atoms with Crippen molar-refractivity contribution < 1.29 is 14.3 Å². The van der Waals surface area contributed by atoms with E-state index in [-0.39, 0.29) is 17.9 Å². The van der Waals surface area contributed by atoms with Crippen LogP contribution in [0.4, 0.5) is 11.6 Å². The fourth-order valence-electron chi connectivity index (χ4n) is 4.59. The maximum atomic E-state index is 11.9. The minimum atomic E-state index is 0.0260. The van der Waals surface area contributed by atoms with E-state index in [1.54, 1.807) is 18.6 Å². The summed E-state index contributed by atoms with van der Waals surface area (Å²) in [4.78, 5) is 31.6. The van der Waals surface area contributed by atoms with Gasteiger partial charge in [0.2, 0.25) is 5.95 Å². The molecule has 1 saturated carbocycles. The van der Waals surface area contributed by atoms with Gasteiger partial charge in [-0.1, -0.05) is 6.92 Å². The third-order valence-electron chi connectivity index (χ3n) is 6.51. The van der Waals surface area contributed by atoms with Crippen LogP contribution < -0.4 is 15.0 Å². The predicted octanol–water partition coefficient (Wildman–Crippen LogP) is 3.65. The number of Topliss-reactive ketones (excluding diaryl/α,β-unsaturated/α-hetero) is 1. The number of hydrogen-bond donors (Lipinski definition) is 1. The lowest BCUT2D eigenvalue weighted by atomic mass is 9.93. The third-order valence-corrected chi connectivity index (χ3v) is 6.51. The highest BCUT2D eigenvalue weighted by Crippen LogP contribution is 2.34. The van der Waals surface area contributed by atoms with Crippen molar-refractivity contribution in [1.82, 2.24) is 19.9 Å². The largest absolute Gasteiger partial charge is 0.490 e. The van der Waals surface area contributed by atoms with E-state index in [0.717, 1.165) is 74.3 Å². The average Bonchev–Trinajstić information content (AvgIpc) is 2.90. The van der Waals surface area contributed by atoms with Gasteiger partial charge in [-0.15, -0.1) is 0 Å². The fourth-order valence-corrected chi connectivity index (χ4v) is 4.59. The summed E-state index contributed by atoms with van der Waals surface area (Å²) in [6.45, 7) is 5.02. The van der Waals surface area contributed by atoms with Crippen molar-refractivity contribution >= 4 is 28.3 Å². The second-order valence-corrected chi connectivity index (χ2v) is 8.78. The number of fused-ring (bicyclic) bond motifs is 1. The van der Waals surface area contributed by atoms with Crippen LogP contribution in [0, 0.1) is 0 Å². The maximum Gasteiger partial charge on any atom is 0.223 e. The standard InChI is InChI=1S/C25H30N6O3/c1-2-23(32)21-7-8-27-25(30-21)29-17-3-5-19(6-4-17)34-24-14-18(31-9-11-33-12-10-31)13-22-20(24)15-26-16-28-22/h7-8,13-17,19H,2-6,9-12H2,1H3,(H,27,29,30). The van der Waals surface area contributed by atoms with Crippen molar-refractivity contribution in [3.8, 4) is 5.75 Å². The topological polar surface area (TPSA) is 102 Å². The Balaban J connectivity index is 1.25. The van der Waals surface area contributed by atoms with Gasteiger partial charge in [-0.05, 0) is 37.8 Å². The van der Waals surface area contributed by atoms with E-state index >= 15 is 0 Å². The molecule has 2 aromatic heterocycles. The second-order valence-electron chi connectivity index (χ2n) is 8.78. The van der Waals surface area contributed by atoms with Gasteiger partial charge in [0.15, 0.2) is 5.78 Å². The number of anilines is 2. The van der Waals surface area contributed by atoms with Crippen LogP contribution in [0.1, 0.15) is 49.5 Å². The van der Waals surface area contributed by atoms with E-state index in [2.05, 4.69) is 42.3 Å². The van der Waals surface area contributed by atoms with E-state index in [1.807, 2.05) is 13.1 Å². The lowest BCUT2D eigenvalue weighted by Gasteiger charge is -2.31. The smallest absolute Gasteiger partial charge is 0.223 e. The molecule has 2 aliphatic rings. The molecule has 0 radical (unpaired) electrons. The first-order chi connectivity index (χ1) is 16.7. The van der Waals surface area contributed by atoms with Crippen LogP contribution in [0.2, 0.25) is 0 Å². The Kier molecular flexibility index (Phi) is 6.80. The first-order valence-electron chi connectivity index (χ1n) is 12.1. The predicted molar refractivity (Wildman–Crippen MR) is 130 cm³/mol. The highest BCUT2D eigenvalue weighted by atomic mass is 16.5. The summed E-state index contributed by atoms with van der Waals surface area (Å²) < 4.78 is 12.0. The zero-order chi connectivity index (χ0) is 23.3. The van der Waals surface area contributed by atoms with Gasteiger partial charge in [0.1, 0.15) is 17.8 Å². The molecule has 3 aromatic rings. The zero-order valence-corrected chi connectivity index (χ0v) is 19.4. The van der Waals surface area contributed by atoms with Gasteiger partial charge >= 0.3 is 0 Å². The summed E-state index contributed by atoms with van der Waals surface area (Å²) in [6, 6.07) is 6.14. The summed E-state index contributed by atoms with van der Waals surface area (Å²) in [5.41, 5.74) is 2.47. The van der Waals surface area contributed by atoms with Crippen LogP contribution in [-0.2, 0) is 4.74 Å². The van der Waals surface area contributed by atoms with Crippen molar-refractivity contribution in [3.05, 3.63) is 42.6 Å². The van der Waals surface area contributed by atoms with E-state index in [1.165, 1.54) is 0 Å². The molecule has 1 aliphatic heterocycles. The molecule has 5 rings (SSSR count). The molecule has 9 heteroatoms. The highest BCUT2D eigenvalue weighted by Gasteiger charge is 2.24. The zero-order valence-electron chi connectivity index (χ0n) is 19.4. The van der Waals surface area contributed by atoms with Crippen molar-refractivity contribution in [2.24, 2.45) is 0 Å². The Morgan fingerprint density at radius 2 is 2.00 bits per heavy atom. The molecule has 9 nitrogen and oxygen atoms in total. The first kappa shape index (κ1) is 22.5. The Hall–Kier alpha value is -3.33. The summed E-state index contributed by atoms with van der Waals surface area (Å²) in [6.07, 6.45) is 9.33. The highest BCUT2D eigenvalue weighted by molar-refractivity contribution is 5.94. The van der Waals surface area contributed by atoms with Crippen molar-refractivity contribution in [2.75, 3.05) is 36.5 Å². The second kappa shape index (κ2) is 10.3. The molecule has 1 saturated heterocycles. The number of benzene rings is 1. The molecule has 178 valence electrons. The molecule has 1 N–H and O–H groups in total. The SMILES string of the molecule is CCC(=O)c1ccnc(NC2CCC(Oc3cc(N4CCOCC4)cc4ncncc34)CC2)n1. The van der Waals surface area contributed by atoms with Crippen molar-refractivity contribution in [2.45, 2.75) is 51.2 Å². The van der Waals surface area contributed by atoms with E-state index in [0.29, 0.717) is 18.1 Å². The Bertz CT molecular complexity index is 1140. The van der Waals surface area contributed by atoms with Gasteiger partial charge in [0, 0.05) is 49.7 Å². The molecule has 2 fully saturated rings. The third kappa shape index (κ3) is 5.09. The van der Waals surface area contributed by atoms with E-state index in [9.17, 15) is 4.79 Å². The van der Waals surface area contributed by atoms with Gasteiger partial charge in [0.25, 0.3) is 0 Å². The van der Waals surface area contributed by atoms with Crippen LogP contribution in [0.25, 0.3) is 10.9 Å². The monoisotopic (exact) mass is 462 g/mol. The van der Waals surface area contributed by atoms with Gasteiger partial charge in [0.05, 0.1) is 30.2 Å². The molecule has 1 aromatic carbocycles. The average molecular weight is 463 g/mol. The number of ether oxygens (including phenoxy) is 2. The number of morpholine rings is 1. The normalized spacial score (nSPS) is 20.8. The molecule has 34 heavy (non-hydrogen) atoms. The summed E-state index contributed by atoms with van der Waals surface area (Å²) in [7, 11) is 0. The number of carbonyl (C=O) groups excluding carboxylic acids is 1. The van der Waals surface area contributed by atoms with E-state index in [4.69, 9.17) is 9.47 Å². The molecule has 0 bridgehead atoms. The number of hydrogen-bond acceptors (Lipinski definition) is 9. The summed E-state index contributed by atoms with van der Waals surface area (Å²) in [5.74, 6) is 1.38. The minimum Gasteiger partial charge on any atom is -0.490 e. The molecular weight excluding hydrogens is 432 g/mol. The molecule has 0 unspecified atom stereocenters. The maximum absolute atomic E-state index is 11.9. The van der Waals surface area contributed by atoms with Gasteiger partial charge in [-0.2, -0.15) is 0 Å². The molecule has 0 atom stereocenters.